The molecule has 2 aromatic rings. The van der Waals surface area contributed by atoms with E-state index in [0.29, 0.717) is 6.42 Å². The van der Waals surface area contributed by atoms with Crippen LogP contribution in [0.3, 0.4) is 0 Å². The zero-order valence-electron chi connectivity index (χ0n) is 11.3. The lowest BCUT2D eigenvalue weighted by Gasteiger charge is -2.20. The molecule has 0 aromatic heterocycles. The second-order valence-corrected chi connectivity index (χ2v) is 4.78. The van der Waals surface area contributed by atoms with Crippen LogP contribution >= 0.6 is 0 Å². The van der Waals surface area contributed by atoms with Crippen LogP contribution in [0.15, 0.2) is 42.5 Å². The SMILES string of the molecule is CCC(CC(O)CN)Oc1ccc2ccccc2c1. The van der Waals surface area contributed by atoms with E-state index >= 15 is 0 Å². The molecule has 2 atom stereocenters. The summed E-state index contributed by atoms with van der Waals surface area (Å²) in [6.45, 7) is 2.33. The summed E-state index contributed by atoms with van der Waals surface area (Å²) in [7, 11) is 0. The third-order valence-corrected chi connectivity index (χ3v) is 3.29. The lowest BCUT2D eigenvalue weighted by atomic mass is 10.1. The molecule has 0 heterocycles. The summed E-state index contributed by atoms with van der Waals surface area (Å²) in [6, 6.07) is 14.2. The van der Waals surface area contributed by atoms with Gasteiger partial charge in [-0.05, 0) is 29.3 Å². The van der Waals surface area contributed by atoms with Crippen LogP contribution in [0.4, 0.5) is 0 Å². The van der Waals surface area contributed by atoms with E-state index in [2.05, 4.69) is 25.1 Å². The number of aliphatic hydroxyl groups excluding tert-OH is 1. The number of aliphatic hydroxyl groups is 1. The largest absolute Gasteiger partial charge is 0.490 e. The monoisotopic (exact) mass is 259 g/mol. The van der Waals surface area contributed by atoms with E-state index in [-0.39, 0.29) is 12.6 Å². The lowest BCUT2D eigenvalue weighted by molar-refractivity contribution is 0.0973. The summed E-state index contributed by atoms with van der Waals surface area (Å²) in [5.74, 6) is 0.842. The van der Waals surface area contributed by atoms with Gasteiger partial charge in [-0.25, -0.2) is 0 Å². The summed E-state index contributed by atoms with van der Waals surface area (Å²) in [5.41, 5.74) is 5.44. The molecule has 0 spiro atoms. The normalized spacial score (nSPS) is 14.3. The molecule has 0 saturated heterocycles. The molecule has 0 aliphatic heterocycles. The molecule has 2 unspecified atom stereocenters. The van der Waals surface area contributed by atoms with E-state index in [1.165, 1.54) is 5.39 Å². The van der Waals surface area contributed by atoms with Gasteiger partial charge in [-0.3, -0.25) is 0 Å². The Morgan fingerprint density at radius 1 is 1.16 bits per heavy atom. The van der Waals surface area contributed by atoms with E-state index in [1.54, 1.807) is 0 Å². The Morgan fingerprint density at radius 3 is 2.58 bits per heavy atom. The van der Waals surface area contributed by atoms with Gasteiger partial charge >= 0.3 is 0 Å². The molecule has 0 bridgehead atoms. The number of benzene rings is 2. The van der Waals surface area contributed by atoms with Crippen molar-refractivity contribution in [2.24, 2.45) is 5.73 Å². The van der Waals surface area contributed by atoms with Crippen LogP contribution in [-0.4, -0.2) is 23.9 Å². The number of hydrogen-bond acceptors (Lipinski definition) is 3. The Kier molecular flexibility index (Phi) is 4.77. The van der Waals surface area contributed by atoms with Crippen LogP contribution in [0.25, 0.3) is 10.8 Å². The lowest BCUT2D eigenvalue weighted by Crippen LogP contribution is -2.28. The second kappa shape index (κ2) is 6.55. The maximum atomic E-state index is 9.60. The van der Waals surface area contributed by atoms with Crippen LogP contribution < -0.4 is 10.5 Å². The number of hydrogen-bond donors (Lipinski definition) is 2. The summed E-state index contributed by atoms with van der Waals surface area (Å²) in [4.78, 5) is 0. The van der Waals surface area contributed by atoms with Gasteiger partial charge in [-0.2, -0.15) is 0 Å². The zero-order chi connectivity index (χ0) is 13.7. The predicted octanol–water partition coefficient (Wildman–Crippen LogP) is 2.71. The maximum absolute atomic E-state index is 9.60. The van der Waals surface area contributed by atoms with E-state index < -0.39 is 6.10 Å². The highest BCUT2D eigenvalue weighted by Crippen LogP contribution is 2.22. The predicted molar refractivity (Wildman–Crippen MR) is 78.3 cm³/mol. The van der Waals surface area contributed by atoms with Crippen molar-refractivity contribution in [1.29, 1.82) is 0 Å². The van der Waals surface area contributed by atoms with Gasteiger partial charge in [0.05, 0.1) is 6.10 Å². The van der Waals surface area contributed by atoms with Crippen molar-refractivity contribution in [1.82, 2.24) is 0 Å². The highest BCUT2D eigenvalue weighted by Gasteiger charge is 2.13. The first kappa shape index (κ1) is 13.8. The molecule has 0 saturated carbocycles. The summed E-state index contributed by atoms with van der Waals surface area (Å²) >= 11 is 0. The van der Waals surface area contributed by atoms with E-state index in [0.717, 1.165) is 17.6 Å². The average molecular weight is 259 g/mol. The number of ether oxygens (including phenoxy) is 1. The van der Waals surface area contributed by atoms with Crippen LogP contribution in [0.5, 0.6) is 5.75 Å². The minimum absolute atomic E-state index is 0.000266. The van der Waals surface area contributed by atoms with Gasteiger partial charge in [0.2, 0.25) is 0 Å². The fourth-order valence-electron chi connectivity index (χ4n) is 2.13. The van der Waals surface area contributed by atoms with Crippen LogP contribution in [0, 0.1) is 0 Å². The molecule has 19 heavy (non-hydrogen) atoms. The molecular formula is C16H21NO2. The third kappa shape index (κ3) is 3.69. The smallest absolute Gasteiger partial charge is 0.120 e. The van der Waals surface area contributed by atoms with E-state index in [9.17, 15) is 5.11 Å². The van der Waals surface area contributed by atoms with Gasteiger partial charge in [0, 0.05) is 13.0 Å². The van der Waals surface area contributed by atoms with Gasteiger partial charge in [-0.1, -0.05) is 37.3 Å². The quantitative estimate of drug-likeness (QED) is 0.838. The molecule has 3 heteroatoms. The van der Waals surface area contributed by atoms with Crippen LogP contribution in [0.1, 0.15) is 19.8 Å². The molecule has 3 nitrogen and oxygen atoms in total. The molecule has 102 valence electrons. The highest BCUT2D eigenvalue weighted by atomic mass is 16.5. The molecule has 0 aliphatic rings. The molecule has 0 radical (unpaired) electrons. The minimum atomic E-state index is -0.495. The fourth-order valence-corrected chi connectivity index (χ4v) is 2.13. The average Bonchev–Trinajstić information content (AvgIpc) is 2.46. The van der Waals surface area contributed by atoms with E-state index in [4.69, 9.17) is 10.5 Å². The second-order valence-electron chi connectivity index (χ2n) is 4.78. The molecule has 0 amide bonds. The van der Waals surface area contributed by atoms with Gasteiger partial charge in [0.15, 0.2) is 0 Å². The topological polar surface area (TPSA) is 55.5 Å². The third-order valence-electron chi connectivity index (χ3n) is 3.29. The molecule has 2 rings (SSSR count). The Morgan fingerprint density at radius 2 is 1.89 bits per heavy atom. The number of fused-ring (bicyclic) bond motifs is 1. The zero-order valence-corrected chi connectivity index (χ0v) is 11.3. The number of nitrogens with two attached hydrogens (primary N) is 1. The van der Waals surface area contributed by atoms with Crippen molar-refractivity contribution in [3.63, 3.8) is 0 Å². The molecular weight excluding hydrogens is 238 g/mol. The highest BCUT2D eigenvalue weighted by molar-refractivity contribution is 5.83. The first-order valence-corrected chi connectivity index (χ1v) is 6.76. The van der Waals surface area contributed by atoms with Gasteiger partial charge in [0.25, 0.3) is 0 Å². The Bertz CT molecular complexity index is 527. The van der Waals surface area contributed by atoms with Gasteiger partial charge in [0.1, 0.15) is 11.9 Å². The molecule has 3 N–H and O–H groups in total. The Labute approximate surface area is 114 Å². The number of rotatable bonds is 6. The maximum Gasteiger partial charge on any atom is 0.120 e. The van der Waals surface area contributed by atoms with Crippen LogP contribution in [-0.2, 0) is 0 Å². The van der Waals surface area contributed by atoms with Crippen molar-refractivity contribution < 1.29 is 9.84 Å². The molecule has 0 fully saturated rings. The summed E-state index contributed by atoms with van der Waals surface area (Å²) < 4.78 is 5.93. The van der Waals surface area contributed by atoms with Crippen molar-refractivity contribution in [3.05, 3.63) is 42.5 Å². The first-order chi connectivity index (χ1) is 9.22. The fraction of sp³-hybridized carbons (Fsp3) is 0.375. The Balaban J connectivity index is 2.10. The van der Waals surface area contributed by atoms with Crippen LogP contribution in [0.2, 0.25) is 0 Å². The van der Waals surface area contributed by atoms with Crippen molar-refractivity contribution in [2.75, 3.05) is 6.54 Å². The summed E-state index contributed by atoms with van der Waals surface area (Å²) in [5, 5.41) is 12.0. The first-order valence-electron chi connectivity index (χ1n) is 6.76. The standard InChI is InChI=1S/C16H21NO2/c1-2-15(10-14(18)11-17)19-16-8-7-12-5-3-4-6-13(12)9-16/h3-9,14-15,18H,2,10-11,17H2,1H3. The van der Waals surface area contributed by atoms with E-state index in [1.807, 2.05) is 24.3 Å². The van der Waals surface area contributed by atoms with Crippen molar-refractivity contribution >= 4 is 10.8 Å². The summed E-state index contributed by atoms with van der Waals surface area (Å²) in [6.07, 6.45) is 0.925. The molecule has 2 aromatic carbocycles. The van der Waals surface area contributed by atoms with Crippen molar-refractivity contribution in [2.45, 2.75) is 32.0 Å². The van der Waals surface area contributed by atoms with Crippen molar-refractivity contribution in [3.8, 4) is 5.75 Å². The van der Waals surface area contributed by atoms with Gasteiger partial charge < -0.3 is 15.6 Å². The minimum Gasteiger partial charge on any atom is -0.490 e. The Hall–Kier alpha value is -1.58. The molecule has 0 aliphatic carbocycles. The van der Waals surface area contributed by atoms with Gasteiger partial charge in [-0.15, -0.1) is 0 Å².